The van der Waals surface area contributed by atoms with Crippen LogP contribution in [0.15, 0.2) is 0 Å². The molecule has 0 spiro atoms. The minimum Gasteiger partial charge on any atom is -0.381 e. The molecule has 0 rings (SSSR count). The number of amides is 1. The molecule has 3 nitrogen and oxygen atoms in total. The minimum atomic E-state index is -0.290. The van der Waals surface area contributed by atoms with Gasteiger partial charge in [-0.3, -0.25) is 4.79 Å². The largest absolute Gasteiger partial charge is 0.381 e. The van der Waals surface area contributed by atoms with Crippen molar-refractivity contribution in [3.63, 3.8) is 0 Å². The molecule has 0 fully saturated rings. The Morgan fingerprint density at radius 1 is 1.17 bits per heavy atom. The van der Waals surface area contributed by atoms with E-state index in [4.69, 9.17) is 10.5 Å². The van der Waals surface area contributed by atoms with E-state index in [1.54, 1.807) is 7.11 Å². The van der Waals surface area contributed by atoms with Crippen LogP contribution in [0, 0.1) is 11.8 Å². The van der Waals surface area contributed by atoms with E-state index in [0.29, 0.717) is 18.3 Å². The Balaban J connectivity index is -0.000000389. The second-order valence-corrected chi connectivity index (χ2v) is 4.40. The summed E-state index contributed by atoms with van der Waals surface area (Å²) in [4.78, 5) is 10.7. The first-order valence-corrected chi connectivity index (χ1v) is 7.25. The number of methoxy groups -OCH3 is 1. The Morgan fingerprint density at radius 3 is 1.78 bits per heavy atom. The third-order valence-corrected chi connectivity index (χ3v) is 2.83. The summed E-state index contributed by atoms with van der Waals surface area (Å²) in [5.41, 5.74) is 5.13. The van der Waals surface area contributed by atoms with Crippen LogP contribution in [0.4, 0.5) is 0 Å². The van der Waals surface area contributed by atoms with E-state index < -0.39 is 0 Å². The summed E-state index contributed by atoms with van der Waals surface area (Å²) >= 11 is 0. The fraction of sp³-hybridized carbons (Fsp3) is 0.933. The van der Waals surface area contributed by atoms with Gasteiger partial charge >= 0.3 is 0 Å². The molecule has 112 valence electrons. The summed E-state index contributed by atoms with van der Waals surface area (Å²) in [6.07, 6.45) is 2.63. The number of primary amides is 1. The molecule has 0 heterocycles. The predicted molar refractivity (Wildman–Crippen MR) is 80.5 cm³/mol. The Hall–Kier alpha value is -0.570. The van der Waals surface area contributed by atoms with E-state index in [1.165, 1.54) is 6.42 Å². The van der Waals surface area contributed by atoms with Crippen LogP contribution >= 0.6 is 0 Å². The molecule has 3 heteroatoms. The van der Waals surface area contributed by atoms with E-state index in [-0.39, 0.29) is 12.0 Å². The van der Waals surface area contributed by atoms with Crippen LogP contribution in [0.1, 0.15) is 67.7 Å². The van der Waals surface area contributed by atoms with E-state index in [9.17, 15) is 4.79 Å². The fourth-order valence-corrected chi connectivity index (χ4v) is 1.42. The van der Waals surface area contributed by atoms with E-state index in [0.717, 1.165) is 6.42 Å². The average Bonchev–Trinajstić information content (AvgIpc) is 2.37. The highest BCUT2D eigenvalue weighted by Crippen LogP contribution is 2.22. The van der Waals surface area contributed by atoms with Gasteiger partial charge in [-0.2, -0.15) is 0 Å². The summed E-state index contributed by atoms with van der Waals surface area (Å²) in [6, 6.07) is 0. The molecule has 0 saturated heterocycles. The lowest BCUT2D eigenvalue weighted by Gasteiger charge is -2.26. The zero-order valence-corrected chi connectivity index (χ0v) is 13.7. The highest BCUT2D eigenvalue weighted by molar-refractivity contribution is 5.74. The van der Waals surface area contributed by atoms with Gasteiger partial charge in [0.15, 0.2) is 0 Å². The SMILES string of the molecule is CC.CCC.CCC(C)C(C)C(CC(N)=O)OC. The highest BCUT2D eigenvalue weighted by atomic mass is 16.5. The van der Waals surface area contributed by atoms with Gasteiger partial charge in [-0.15, -0.1) is 0 Å². The molecule has 0 bridgehead atoms. The summed E-state index contributed by atoms with van der Waals surface area (Å²) in [7, 11) is 1.63. The van der Waals surface area contributed by atoms with Crippen molar-refractivity contribution in [2.24, 2.45) is 17.6 Å². The quantitative estimate of drug-likeness (QED) is 0.785. The van der Waals surface area contributed by atoms with Crippen molar-refractivity contribution in [1.29, 1.82) is 0 Å². The summed E-state index contributed by atoms with van der Waals surface area (Å²) < 4.78 is 5.25. The molecule has 1 amide bonds. The first-order valence-electron chi connectivity index (χ1n) is 7.25. The number of ether oxygens (including phenoxy) is 1. The normalized spacial score (nSPS) is 14.2. The van der Waals surface area contributed by atoms with Gasteiger partial charge in [-0.05, 0) is 11.8 Å². The predicted octanol–water partition coefficient (Wildman–Crippen LogP) is 4.00. The molecule has 0 aromatic heterocycles. The Morgan fingerprint density at radius 2 is 1.56 bits per heavy atom. The summed E-state index contributed by atoms with van der Waals surface area (Å²) in [6.45, 7) is 14.7. The number of hydrogen-bond acceptors (Lipinski definition) is 2. The number of carbonyl (C=O) groups is 1. The molecule has 18 heavy (non-hydrogen) atoms. The van der Waals surface area contributed by atoms with Gasteiger partial charge in [0.05, 0.1) is 12.5 Å². The van der Waals surface area contributed by atoms with Crippen molar-refractivity contribution in [3.05, 3.63) is 0 Å². The zero-order chi connectivity index (χ0) is 15.1. The van der Waals surface area contributed by atoms with Gasteiger partial charge < -0.3 is 10.5 Å². The third kappa shape index (κ3) is 13.5. The first kappa shape index (κ1) is 22.6. The van der Waals surface area contributed by atoms with Crippen LogP contribution in [-0.2, 0) is 9.53 Å². The van der Waals surface area contributed by atoms with Crippen LogP contribution < -0.4 is 5.73 Å². The van der Waals surface area contributed by atoms with Gasteiger partial charge in [0.2, 0.25) is 5.91 Å². The molecular weight excluding hydrogens is 226 g/mol. The zero-order valence-electron chi connectivity index (χ0n) is 13.7. The molecular formula is C15H35NO2. The molecule has 0 saturated carbocycles. The summed E-state index contributed by atoms with van der Waals surface area (Å²) in [5.74, 6) is 0.647. The first-order chi connectivity index (χ1) is 8.44. The lowest BCUT2D eigenvalue weighted by molar-refractivity contribution is -0.121. The van der Waals surface area contributed by atoms with Gasteiger partial charge in [-0.1, -0.05) is 61.3 Å². The number of carbonyl (C=O) groups excluding carboxylic acids is 1. The van der Waals surface area contributed by atoms with E-state index in [2.05, 4.69) is 34.6 Å². The maximum atomic E-state index is 10.7. The standard InChI is InChI=1S/C10H21NO2.C3H8.C2H6/c1-5-7(2)8(3)9(13-4)6-10(11)12;1-3-2;1-2/h7-9H,5-6H2,1-4H3,(H2,11,12);3H2,1-2H3;1-2H3. The van der Waals surface area contributed by atoms with Crippen LogP contribution in [0.2, 0.25) is 0 Å². The van der Waals surface area contributed by atoms with E-state index in [1.807, 2.05) is 13.8 Å². The summed E-state index contributed by atoms with van der Waals surface area (Å²) in [5, 5.41) is 0. The van der Waals surface area contributed by atoms with E-state index >= 15 is 0 Å². The fourth-order valence-electron chi connectivity index (χ4n) is 1.42. The van der Waals surface area contributed by atoms with Crippen molar-refractivity contribution in [3.8, 4) is 0 Å². The average molecular weight is 261 g/mol. The molecule has 0 aliphatic heterocycles. The molecule has 0 aliphatic rings. The Bertz CT molecular complexity index is 172. The molecule has 3 unspecified atom stereocenters. The van der Waals surface area contributed by atoms with Crippen molar-refractivity contribution in [2.45, 2.75) is 73.8 Å². The smallest absolute Gasteiger partial charge is 0.220 e. The second kappa shape index (κ2) is 16.4. The van der Waals surface area contributed by atoms with Crippen molar-refractivity contribution in [1.82, 2.24) is 0 Å². The number of hydrogen-bond donors (Lipinski definition) is 1. The van der Waals surface area contributed by atoms with Gasteiger partial charge in [0.25, 0.3) is 0 Å². The Kier molecular flexibility index (Phi) is 20.6. The lowest BCUT2D eigenvalue weighted by atomic mass is 9.87. The second-order valence-electron chi connectivity index (χ2n) is 4.40. The van der Waals surface area contributed by atoms with Gasteiger partial charge in [-0.25, -0.2) is 0 Å². The topological polar surface area (TPSA) is 52.3 Å². The van der Waals surface area contributed by atoms with Crippen LogP contribution in [-0.4, -0.2) is 19.1 Å². The molecule has 0 aromatic rings. The lowest BCUT2D eigenvalue weighted by Crippen LogP contribution is -2.30. The number of rotatable bonds is 6. The van der Waals surface area contributed by atoms with Crippen LogP contribution in [0.3, 0.4) is 0 Å². The van der Waals surface area contributed by atoms with Crippen molar-refractivity contribution >= 4 is 5.91 Å². The third-order valence-electron chi connectivity index (χ3n) is 2.83. The Labute approximate surface area is 114 Å². The molecule has 0 aromatic carbocycles. The van der Waals surface area contributed by atoms with Gasteiger partial charge in [0, 0.05) is 7.11 Å². The molecule has 0 radical (unpaired) electrons. The molecule has 2 N–H and O–H groups in total. The maximum absolute atomic E-state index is 10.7. The van der Waals surface area contributed by atoms with Crippen molar-refractivity contribution < 1.29 is 9.53 Å². The van der Waals surface area contributed by atoms with Gasteiger partial charge in [0.1, 0.15) is 0 Å². The molecule has 0 aliphatic carbocycles. The van der Waals surface area contributed by atoms with Crippen LogP contribution in [0.5, 0.6) is 0 Å². The van der Waals surface area contributed by atoms with Crippen molar-refractivity contribution in [2.75, 3.05) is 7.11 Å². The monoisotopic (exact) mass is 261 g/mol. The maximum Gasteiger partial charge on any atom is 0.220 e. The number of nitrogens with two attached hydrogens (primary N) is 1. The van der Waals surface area contributed by atoms with Crippen LogP contribution in [0.25, 0.3) is 0 Å². The molecule has 3 atom stereocenters. The minimum absolute atomic E-state index is 0.0348. The highest BCUT2D eigenvalue weighted by Gasteiger charge is 2.22.